The van der Waals surface area contributed by atoms with Crippen molar-refractivity contribution in [3.63, 3.8) is 0 Å². The number of aromatic carboxylic acids is 1. The number of hydrogen-bond acceptors (Lipinski definition) is 3. The van der Waals surface area contributed by atoms with E-state index >= 15 is 0 Å². The number of nitrogens with one attached hydrogen (secondary N) is 1. The van der Waals surface area contributed by atoms with Crippen LogP contribution in [-0.4, -0.2) is 11.1 Å². The van der Waals surface area contributed by atoms with Gasteiger partial charge in [0.15, 0.2) is 0 Å². The number of anilines is 1. The summed E-state index contributed by atoms with van der Waals surface area (Å²) in [7, 11) is 0. The van der Waals surface area contributed by atoms with Crippen LogP contribution in [0.4, 0.5) is 5.69 Å². The molecule has 0 saturated carbocycles. The molecule has 0 aliphatic heterocycles. The average Bonchev–Trinajstić information content (AvgIpc) is 2.66. The Morgan fingerprint density at radius 3 is 2.38 bits per heavy atom. The SMILES string of the molecule is Cc1ccc(COc2c(Cl)cc(Cl)cc2CNc2ccc(C(=O)O)c(Cl)c2)cc1. The summed E-state index contributed by atoms with van der Waals surface area (Å²) in [6, 6.07) is 16.1. The van der Waals surface area contributed by atoms with E-state index in [4.69, 9.17) is 44.6 Å². The molecule has 0 saturated heterocycles. The lowest BCUT2D eigenvalue weighted by atomic mass is 10.1. The van der Waals surface area contributed by atoms with Gasteiger partial charge in [-0.2, -0.15) is 0 Å². The van der Waals surface area contributed by atoms with Crippen LogP contribution in [0.25, 0.3) is 0 Å². The van der Waals surface area contributed by atoms with Gasteiger partial charge in [-0.3, -0.25) is 0 Å². The Morgan fingerprint density at radius 2 is 1.72 bits per heavy atom. The molecule has 0 atom stereocenters. The summed E-state index contributed by atoms with van der Waals surface area (Å²) in [6.07, 6.45) is 0. The minimum absolute atomic E-state index is 0.0464. The van der Waals surface area contributed by atoms with Crippen molar-refractivity contribution in [3.05, 3.63) is 91.9 Å². The predicted octanol–water partition coefficient (Wildman–Crippen LogP) is 6.84. The molecule has 3 rings (SSSR count). The second kappa shape index (κ2) is 9.40. The number of rotatable bonds is 7. The predicted molar refractivity (Wildman–Crippen MR) is 118 cm³/mol. The zero-order valence-electron chi connectivity index (χ0n) is 15.5. The first-order valence-corrected chi connectivity index (χ1v) is 9.90. The minimum Gasteiger partial charge on any atom is -0.487 e. The molecular weight excluding hydrogens is 433 g/mol. The Bertz CT molecular complexity index is 1040. The van der Waals surface area contributed by atoms with Gasteiger partial charge in [0.1, 0.15) is 12.4 Å². The van der Waals surface area contributed by atoms with Crippen LogP contribution in [-0.2, 0) is 13.2 Å². The molecule has 3 aromatic carbocycles. The number of aryl methyl sites for hydroxylation is 1. The van der Waals surface area contributed by atoms with Crippen LogP contribution in [0.1, 0.15) is 27.0 Å². The standard InChI is InChI=1S/C22H18Cl3NO3/c1-13-2-4-14(5-3-13)12-29-21-15(8-16(23)9-20(21)25)11-26-17-6-7-18(22(27)28)19(24)10-17/h2-10,26H,11-12H2,1H3,(H,27,28). The van der Waals surface area contributed by atoms with Crippen molar-refractivity contribution in [2.45, 2.75) is 20.1 Å². The fraction of sp³-hybridized carbons (Fsp3) is 0.136. The van der Waals surface area contributed by atoms with Gasteiger partial charge in [-0.15, -0.1) is 0 Å². The molecule has 3 aromatic rings. The normalized spacial score (nSPS) is 10.6. The highest BCUT2D eigenvalue weighted by molar-refractivity contribution is 6.35. The second-order valence-electron chi connectivity index (χ2n) is 6.50. The molecule has 150 valence electrons. The molecule has 7 heteroatoms. The molecule has 0 spiro atoms. The van der Waals surface area contributed by atoms with E-state index in [0.717, 1.165) is 11.1 Å². The van der Waals surface area contributed by atoms with Gasteiger partial charge in [-0.1, -0.05) is 64.6 Å². The van der Waals surface area contributed by atoms with Crippen molar-refractivity contribution in [1.29, 1.82) is 0 Å². The van der Waals surface area contributed by atoms with Crippen molar-refractivity contribution in [1.82, 2.24) is 0 Å². The summed E-state index contributed by atoms with van der Waals surface area (Å²) in [5.41, 5.74) is 3.69. The number of carbonyl (C=O) groups is 1. The van der Waals surface area contributed by atoms with E-state index in [1.807, 2.05) is 31.2 Å². The van der Waals surface area contributed by atoms with Crippen LogP contribution in [0.5, 0.6) is 5.75 Å². The summed E-state index contributed by atoms with van der Waals surface area (Å²) in [5, 5.41) is 13.3. The summed E-state index contributed by atoms with van der Waals surface area (Å²) < 4.78 is 5.98. The van der Waals surface area contributed by atoms with Crippen LogP contribution in [0.3, 0.4) is 0 Å². The second-order valence-corrected chi connectivity index (χ2v) is 7.75. The number of carboxylic acid groups (broad SMARTS) is 1. The maximum absolute atomic E-state index is 11.1. The molecule has 0 aromatic heterocycles. The van der Waals surface area contributed by atoms with Gasteiger partial charge < -0.3 is 15.2 Å². The van der Waals surface area contributed by atoms with E-state index in [2.05, 4.69) is 5.32 Å². The van der Waals surface area contributed by atoms with Crippen LogP contribution in [0, 0.1) is 6.92 Å². The van der Waals surface area contributed by atoms with E-state index < -0.39 is 5.97 Å². The molecule has 0 fully saturated rings. The molecule has 0 heterocycles. The molecule has 29 heavy (non-hydrogen) atoms. The lowest BCUT2D eigenvalue weighted by molar-refractivity contribution is 0.0697. The number of benzene rings is 3. The topological polar surface area (TPSA) is 58.6 Å². The maximum atomic E-state index is 11.1. The number of halogens is 3. The highest BCUT2D eigenvalue weighted by atomic mass is 35.5. The van der Waals surface area contributed by atoms with E-state index in [0.29, 0.717) is 34.6 Å². The third-order valence-corrected chi connectivity index (χ3v) is 5.08. The van der Waals surface area contributed by atoms with Crippen LogP contribution in [0.2, 0.25) is 15.1 Å². The van der Waals surface area contributed by atoms with Gasteiger partial charge >= 0.3 is 5.97 Å². The van der Waals surface area contributed by atoms with Crippen LogP contribution in [0.15, 0.2) is 54.6 Å². The highest BCUT2D eigenvalue weighted by Crippen LogP contribution is 2.34. The van der Waals surface area contributed by atoms with E-state index in [1.165, 1.54) is 11.6 Å². The van der Waals surface area contributed by atoms with Crippen molar-refractivity contribution in [2.24, 2.45) is 0 Å². The Balaban J connectivity index is 1.77. The third-order valence-electron chi connectivity index (χ3n) is 4.27. The highest BCUT2D eigenvalue weighted by Gasteiger charge is 2.13. The van der Waals surface area contributed by atoms with Crippen LogP contribution < -0.4 is 10.1 Å². The minimum atomic E-state index is -1.07. The molecule has 0 radical (unpaired) electrons. The Hall–Kier alpha value is -2.40. The molecule has 0 aliphatic rings. The largest absolute Gasteiger partial charge is 0.487 e. The molecule has 0 aliphatic carbocycles. The first kappa shape index (κ1) is 21.3. The monoisotopic (exact) mass is 449 g/mol. The molecular formula is C22H18Cl3NO3. The van der Waals surface area contributed by atoms with E-state index in [1.54, 1.807) is 24.3 Å². The maximum Gasteiger partial charge on any atom is 0.337 e. The molecule has 0 bridgehead atoms. The zero-order valence-corrected chi connectivity index (χ0v) is 17.8. The molecule has 2 N–H and O–H groups in total. The molecule has 0 unspecified atom stereocenters. The van der Waals surface area contributed by atoms with Crippen molar-refractivity contribution in [3.8, 4) is 5.75 Å². The zero-order chi connectivity index (χ0) is 21.0. The van der Waals surface area contributed by atoms with Crippen molar-refractivity contribution in [2.75, 3.05) is 5.32 Å². The fourth-order valence-electron chi connectivity index (χ4n) is 2.74. The first-order chi connectivity index (χ1) is 13.8. The summed E-state index contributed by atoms with van der Waals surface area (Å²) >= 11 is 18.6. The number of ether oxygens (including phenoxy) is 1. The fourth-order valence-corrected chi connectivity index (χ4v) is 3.59. The van der Waals surface area contributed by atoms with Crippen LogP contribution >= 0.6 is 34.8 Å². The quantitative estimate of drug-likeness (QED) is 0.413. The summed E-state index contributed by atoms with van der Waals surface area (Å²) in [5.74, 6) is -0.535. The van der Waals surface area contributed by atoms with Crippen molar-refractivity contribution >= 4 is 46.5 Å². The lowest BCUT2D eigenvalue weighted by Crippen LogP contribution is -2.05. The summed E-state index contributed by atoms with van der Waals surface area (Å²) in [4.78, 5) is 11.1. The van der Waals surface area contributed by atoms with Crippen molar-refractivity contribution < 1.29 is 14.6 Å². The first-order valence-electron chi connectivity index (χ1n) is 8.76. The lowest BCUT2D eigenvalue weighted by Gasteiger charge is -2.15. The Morgan fingerprint density at radius 1 is 1.00 bits per heavy atom. The summed E-state index contributed by atoms with van der Waals surface area (Å²) in [6.45, 7) is 2.76. The van der Waals surface area contributed by atoms with Gasteiger partial charge in [0.05, 0.1) is 15.6 Å². The average molecular weight is 451 g/mol. The van der Waals surface area contributed by atoms with Gasteiger partial charge in [-0.05, 0) is 42.8 Å². The van der Waals surface area contributed by atoms with E-state index in [9.17, 15) is 4.79 Å². The Labute approximate surface area is 184 Å². The van der Waals surface area contributed by atoms with Gasteiger partial charge in [0, 0.05) is 22.8 Å². The number of hydrogen-bond donors (Lipinski definition) is 2. The van der Waals surface area contributed by atoms with Gasteiger partial charge in [-0.25, -0.2) is 4.79 Å². The molecule has 4 nitrogen and oxygen atoms in total. The third kappa shape index (κ3) is 5.57. The van der Waals surface area contributed by atoms with Gasteiger partial charge in [0.25, 0.3) is 0 Å². The number of carboxylic acids is 1. The Kier molecular flexibility index (Phi) is 6.91. The smallest absolute Gasteiger partial charge is 0.337 e. The van der Waals surface area contributed by atoms with Gasteiger partial charge in [0.2, 0.25) is 0 Å². The molecule has 0 amide bonds. The van der Waals surface area contributed by atoms with E-state index in [-0.39, 0.29) is 10.6 Å².